The molecule has 0 saturated carbocycles. The number of amides is 1. The van der Waals surface area contributed by atoms with E-state index in [4.69, 9.17) is 0 Å². The second-order valence-corrected chi connectivity index (χ2v) is 8.69. The number of para-hydroxylation sites is 1. The van der Waals surface area contributed by atoms with Gasteiger partial charge in [-0.1, -0.05) is 48.0 Å². The molecule has 33 heavy (non-hydrogen) atoms. The quantitative estimate of drug-likeness (QED) is 0.513. The highest BCUT2D eigenvalue weighted by Gasteiger charge is 2.31. The average molecular weight is 442 g/mol. The Morgan fingerprint density at radius 3 is 2.58 bits per heavy atom. The Morgan fingerprint density at radius 1 is 1.00 bits per heavy atom. The predicted molar refractivity (Wildman–Crippen MR) is 129 cm³/mol. The molecule has 6 nitrogen and oxygen atoms in total. The zero-order valence-electron chi connectivity index (χ0n) is 18.6. The zero-order valence-corrected chi connectivity index (χ0v) is 18.6. The number of pyridine rings is 1. The number of aryl methyl sites for hydroxylation is 1. The normalized spacial score (nSPS) is 15.9. The van der Waals surface area contributed by atoms with E-state index in [0.717, 1.165) is 35.2 Å². The van der Waals surface area contributed by atoms with Crippen molar-refractivity contribution in [2.24, 2.45) is 0 Å². The number of benzene rings is 2. The Balaban J connectivity index is 1.72. The molecule has 0 bridgehead atoms. The van der Waals surface area contributed by atoms with Crippen LogP contribution in [0.1, 0.15) is 34.5 Å². The third kappa shape index (κ3) is 3.87. The maximum absolute atomic E-state index is 13.7. The van der Waals surface area contributed by atoms with Crippen molar-refractivity contribution in [3.05, 3.63) is 100.0 Å². The summed E-state index contributed by atoms with van der Waals surface area (Å²) in [6.45, 7) is 3.14. The number of carbonyl (C=O) groups excluding carboxylic acids is 1. The summed E-state index contributed by atoms with van der Waals surface area (Å²) in [5.74, 6) is -0.109. The third-order valence-corrected chi connectivity index (χ3v) is 6.47. The number of nitrogens with zero attached hydrogens (tertiary/aromatic N) is 3. The molecule has 6 heteroatoms. The Morgan fingerprint density at radius 2 is 1.82 bits per heavy atom. The van der Waals surface area contributed by atoms with Gasteiger partial charge in [-0.05, 0) is 49.6 Å². The Bertz CT molecular complexity index is 1370. The third-order valence-electron chi connectivity index (χ3n) is 6.47. The van der Waals surface area contributed by atoms with E-state index in [1.807, 2.05) is 66.1 Å². The molecule has 1 aliphatic heterocycles. The average Bonchev–Trinajstić information content (AvgIpc) is 3.44. The summed E-state index contributed by atoms with van der Waals surface area (Å²) < 4.78 is 3.66. The minimum atomic E-state index is -0.167. The second-order valence-electron chi connectivity index (χ2n) is 8.69. The van der Waals surface area contributed by atoms with Crippen LogP contribution in [-0.4, -0.2) is 44.2 Å². The Hall–Kier alpha value is -3.64. The van der Waals surface area contributed by atoms with Crippen molar-refractivity contribution in [1.29, 1.82) is 0 Å². The molecular formula is C27H27N3O3. The summed E-state index contributed by atoms with van der Waals surface area (Å²) in [6.07, 6.45) is 1.68. The van der Waals surface area contributed by atoms with Crippen LogP contribution < -0.4 is 5.56 Å². The van der Waals surface area contributed by atoms with Gasteiger partial charge in [0.25, 0.3) is 11.5 Å². The smallest absolute Gasteiger partial charge is 0.270 e. The van der Waals surface area contributed by atoms with E-state index in [9.17, 15) is 14.7 Å². The van der Waals surface area contributed by atoms with Crippen molar-refractivity contribution in [1.82, 2.24) is 14.0 Å². The maximum Gasteiger partial charge on any atom is 0.270 e. The Kier molecular flexibility index (Phi) is 5.60. The van der Waals surface area contributed by atoms with E-state index in [-0.39, 0.29) is 24.1 Å². The van der Waals surface area contributed by atoms with Gasteiger partial charge in [-0.25, -0.2) is 0 Å². The first kappa shape index (κ1) is 21.2. The molecule has 168 valence electrons. The predicted octanol–water partition coefficient (Wildman–Crippen LogP) is 3.75. The highest BCUT2D eigenvalue weighted by atomic mass is 16.3. The number of aromatic nitrogens is 2. The summed E-state index contributed by atoms with van der Waals surface area (Å²) in [5.41, 5.74) is 4.90. The SMILES string of the molecule is Cc1cccc(Cn2c(C(=O)N3CCC[C@H]3CO)cc3c2ccc(=O)n3-c2ccccc2)c1. The van der Waals surface area contributed by atoms with Gasteiger partial charge in [0, 0.05) is 24.8 Å². The van der Waals surface area contributed by atoms with Crippen LogP contribution in [0.4, 0.5) is 0 Å². The van der Waals surface area contributed by atoms with Gasteiger partial charge in [-0.15, -0.1) is 0 Å². The van der Waals surface area contributed by atoms with Crippen molar-refractivity contribution in [2.75, 3.05) is 13.2 Å². The number of hydrogen-bond acceptors (Lipinski definition) is 3. The van der Waals surface area contributed by atoms with E-state index < -0.39 is 0 Å². The van der Waals surface area contributed by atoms with Crippen LogP contribution >= 0.6 is 0 Å². The molecule has 3 heterocycles. The van der Waals surface area contributed by atoms with Crippen LogP contribution in [0, 0.1) is 6.92 Å². The number of aliphatic hydroxyl groups excluding tert-OH is 1. The van der Waals surface area contributed by atoms with Crippen molar-refractivity contribution in [2.45, 2.75) is 32.4 Å². The second kappa shape index (κ2) is 8.71. The number of rotatable bonds is 5. The molecule has 2 aromatic heterocycles. The highest BCUT2D eigenvalue weighted by molar-refractivity contribution is 5.98. The molecule has 0 spiro atoms. The van der Waals surface area contributed by atoms with Gasteiger partial charge < -0.3 is 14.6 Å². The number of fused-ring (bicyclic) bond motifs is 1. The van der Waals surface area contributed by atoms with Gasteiger partial charge in [-0.2, -0.15) is 0 Å². The lowest BCUT2D eigenvalue weighted by molar-refractivity contribution is 0.0668. The van der Waals surface area contributed by atoms with Crippen molar-refractivity contribution >= 4 is 16.9 Å². The summed E-state index contributed by atoms with van der Waals surface area (Å²) >= 11 is 0. The number of carbonyl (C=O) groups is 1. The molecule has 2 aromatic carbocycles. The molecule has 5 rings (SSSR count). The summed E-state index contributed by atoms with van der Waals surface area (Å²) in [5, 5.41) is 9.79. The van der Waals surface area contributed by atoms with Gasteiger partial charge in [0.1, 0.15) is 5.69 Å². The fraction of sp³-hybridized carbons (Fsp3) is 0.259. The first-order valence-corrected chi connectivity index (χ1v) is 11.3. The minimum Gasteiger partial charge on any atom is -0.394 e. The lowest BCUT2D eigenvalue weighted by Crippen LogP contribution is -2.38. The molecule has 1 saturated heterocycles. The van der Waals surface area contributed by atoms with Gasteiger partial charge in [0.05, 0.1) is 23.7 Å². The first-order valence-electron chi connectivity index (χ1n) is 11.3. The monoisotopic (exact) mass is 441 g/mol. The number of likely N-dealkylation sites (tertiary alicyclic amines) is 1. The number of aliphatic hydroxyl groups is 1. The molecule has 0 radical (unpaired) electrons. The molecule has 0 aliphatic carbocycles. The largest absolute Gasteiger partial charge is 0.394 e. The van der Waals surface area contributed by atoms with E-state index in [1.165, 1.54) is 0 Å². The van der Waals surface area contributed by atoms with Crippen LogP contribution in [0.5, 0.6) is 0 Å². The standard InChI is InChI=1S/C27H27N3O3/c1-19-7-5-8-20(15-19)17-29-23-12-13-26(32)30(21-9-3-2-4-10-21)24(23)16-25(29)27(33)28-14-6-11-22(28)18-31/h2-5,7-10,12-13,15-16,22,31H,6,11,14,17-18H2,1H3/t22-/m0/s1. The van der Waals surface area contributed by atoms with E-state index in [1.54, 1.807) is 21.6 Å². The van der Waals surface area contributed by atoms with Gasteiger partial charge >= 0.3 is 0 Å². The minimum absolute atomic E-state index is 0.0431. The topological polar surface area (TPSA) is 67.5 Å². The van der Waals surface area contributed by atoms with Crippen molar-refractivity contribution in [3.63, 3.8) is 0 Å². The lowest BCUT2D eigenvalue weighted by Gasteiger charge is -2.23. The van der Waals surface area contributed by atoms with Crippen molar-refractivity contribution < 1.29 is 9.90 Å². The zero-order chi connectivity index (χ0) is 22.9. The molecule has 1 fully saturated rings. The Labute approximate surface area is 192 Å². The molecule has 4 aromatic rings. The van der Waals surface area contributed by atoms with E-state index in [0.29, 0.717) is 24.3 Å². The molecule has 1 aliphatic rings. The summed E-state index contributed by atoms with van der Waals surface area (Å²) in [7, 11) is 0. The van der Waals surface area contributed by atoms with Crippen LogP contribution in [-0.2, 0) is 6.54 Å². The highest BCUT2D eigenvalue weighted by Crippen LogP contribution is 2.27. The molecule has 1 N–H and O–H groups in total. The van der Waals surface area contributed by atoms with Gasteiger partial charge in [0.2, 0.25) is 0 Å². The van der Waals surface area contributed by atoms with Crippen LogP contribution in [0.2, 0.25) is 0 Å². The fourth-order valence-electron chi connectivity index (χ4n) is 4.87. The fourth-order valence-corrected chi connectivity index (χ4v) is 4.87. The van der Waals surface area contributed by atoms with Crippen molar-refractivity contribution in [3.8, 4) is 5.69 Å². The van der Waals surface area contributed by atoms with Crippen LogP contribution in [0.3, 0.4) is 0 Å². The summed E-state index contributed by atoms with van der Waals surface area (Å²) in [6, 6.07) is 22.7. The van der Waals surface area contributed by atoms with E-state index >= 15 is 0 Å². The van der Waals surface area contributed by atoms with Gasteiger partial charge in [-0.3, -0.25) is 14.2 Å². The molecule has 1 amide bonds. The molecule has 0 unspecified atom stereocenters. The lowest BCUT2D eigenvalue weighted by atomic mass is 10.1. The van der Waals surface area contributed by atoms with Gasteiger partial charge in [0.15, 0.2) is 0 Å². The van der Waals surface area contributed by atoms with E-state index in [2.05, 4.69) is 6.07 Å². The maximum atomic E-state index is 13.7. The molecule has 1 atom stereocenters. The first-order chi connectivity index (χ1) is 16.1. The van der Waals surface area contributed by atoms with Crippen LogP contribution in [0.15, 0.2) is 77.6 Å². The molecular weight excluding hydrogens is 414 g/mol. The number of hydrogen-bond donors (Lipinski definition) is 1. The van der Waals surface area contributed by atoms with Crippen LogP contribution in [0.25, 0.3) is 16.7 Å². The summed E-state index contributed by atoms with van der Waals surface area (Å²) in [4.78, 5) is 28.4.